The second-order valence-electron chi connectivity index (χ2n) is 6.94. The van der Waals surface area contributed by atoms with Crippen molar-refractivity contribution in [1.82, 2.24) is 10.6 Å². The number of nitrogens with one attached hydrogen (secondary N) is 3. The third kappa shape index (κ3) is 5.64. The van der Waals surface area contributed by atoms with E-state index in [1.54, 1.807) is 6.07 Å². The molecule has 1 fully saturated rings. The fourth-order valence-corrected chi connectivity index (χ4v) is 2.99. The SMILES string of the molecule is CCCCNC(=O)Nc1ccc(N2CCCC2)c(C(=O)NC(C)CC)c1. The first-order valence-corrected chi connectivity index (χ1v) is 9.79. The average Bonchev–Trinajstić information content (AvgIpc) is 3.16. The average molecular weight is 361 g/mol. The van der Waals surface area contributed by atoms with Gasteiger partial charge in [0.05, 0.1) is 5.56 Å². The number of carbonyl (C=O) groups is 2. The van der Waals surface area contributed by atoms with E-state index in [2.05, 4.69) is 27.8 Å². The number of nitrogens with zero attached hydrogens (tertiary/aromatic N) is 1. The van der Waals surface area contributed by atoms with E-state index in [1.165, 1.54) is 0 Å². The van der Waals surface area contributed by atoms with Gasteiger partial charge in [-0.15, -0.1) is 0 Å². The fourth-order valence-electron chi connectivity index (χ4n) is 2.99. The van der Waals surface area contributed by atoms with Crippen molar-refractivity contribution < 1.29 is 9.59 Å². The van der Waals surface area contributed by atoms with Crippen molar-refractivity contribution >= 4 is 23.3 Å². The van der Waals surface area contributed by atoms with Gasteiger partial charge in [0, 0.05) is 37.1 Å². The summed E-state index contributed by atoms with van der Waals surface area (Å²) in [6.07, 6.45) is 5.15. The quantitative estimate of drug-likeness (QED) is 0.618. The zero-order valence-corrected chi connectivity index (χ0v) is 16.2. The minimum atomic E-state index is -0.236. The molecule has 2 rings (SSSR count). The third-order valence-corrected chi connectivity index (χ3v) is 4.75. The van der Waals surface area contributed by atoms with Gasteiger partial charge in [-0.2, -0.15) is 0 Å². The number of hydrogen-bond donors (Lipinski definition) is 3. The minimum absolute atomic E-state index is 0.0868. The molecule has 0 aromatic heterocycles. The molecular weight excluding hydrogens is 328 g/mol. The van der Waals surface area contributed by atoms with Gasteiger partial charge in [0.2, 0.25) is 0 Å². The first-order chi connectivity index (χ1) is 12.5. The lowest BCUT2D eigenvalue weighted by Gasteiger charge is -2.23. The van der Waals surface area contributed by atoms with Crippen molar-refractivity contribution in [3.8, 4) is 0 Å². The Hall–Kier alpha value is -2.24. The number of carbonyl (C=O) groups excluding carboxylic acids is 2. The van der Waals surface area contributed by atoms with E-state index in [0.717, 1.165) is 50.9 Å². The Labute approximate surface area is 156 Å². The smallest absolute Gasteiger partial charge is 0.319 e. The first-order valence-electron chi connectivity index (χ1n) is 9.79. The number of urea groups is 1. The van der Waals surface area contributed by atoms with E-state index < -0.39 is 0 Å². The molecular formula is C20H32N4O2. The van der Waals surface area contributed by atoms with Crippen LogP contribution in [0, 0.1) is 0 Å². The molecule has 1 saturated heterocycles. The zero-order chi connectivity index (χ0) is 18.9. The molecule has 0 bridgehead atoms. The number of amides is 3. The summed E-state index contributed by atoms with van der Waals surface area (Å²) < 4.78 is 0. The molecule has 0 saturated carbocycles. The van der Waals surface area contributed by atoms with Crippen molar-refractivity contribution in [2.24, 2.45) is 0 Å². The second-order valence-corrected chi connectivity index (χ2v) is 6.94. The Balaban J connectivity index is 2.16. The molecule has 1 atom stereocenters. The van der Waals surface area contributed by atoms with E-state index in [1.807, 2.05) is 26.0 Å². The van der Waals surface area contributed by atoms with Gasteiger partial charge in [0.1, 0.15) is 0 Å². The van der Waals surface area contributed by atoms with Gasteiger partial charge in [0.25, 0.3) is 5.91 Å². The molecule has 6 nitrogen and oxygen atoms in total. The maximum atomic E-state index is 12.8. The summed E-state index contributed by atoms with van der Waals surface area (Å²) in [6, 6.07) is 5.47. The lowest BCUT2D eigenvalue weighted by atomic mass is 10.1. The number of unbranched alkanes of at least 4 members (excludes halogenated alkanes) is 1. The van der Waals surface area contributed by atoms with Crippen molar-refractivity contribution in [3.63, 3.8) is 0 Å². The molecule has 3 N–H and O–H groups in total. The van der Waals surface area contributed by atoms with Crippen LogP contribution in [0.5, 0.6) is 0 Å². The number of benzene rings is 1. The molecule has 26 heavy (non-hydrogen) atoms. The summed E-state index contributed by atoms with van der Waals surface area (Å²) in [4.78, 5) is 27.0. The van der Waals surface area contributed by atoms with Crippen molar-refractivity contribution in [2.75, 3.05) is 29.9 Å². The van der Waals surface area contributed by atoms with E-state index in [9.17, 15) is 9.59 Å². The molecule has 1 aliphatic heterocycles. The number of rotatable bonds is 8. The van der Waals surface area contributed by atoms with Crippen LogP contribution < -0.4 is 20.9 Å². The van der Waals surface area contributed by atoms with E-state index >= 15 is 0 Å². The highest BCUT2D eigenvalue weighted by Gasteiger charge is 2.21. The Kier molecular flexibility index (Phi) is 7.75. The van der Waals surface area contributed by atoms with Gasteiger partial charge < -0.3 is 20.9 Å². The van der Waals surface area contributed by atoms with Crippen LogP contribution in [0.4, 0.5) is 16.2 Å². The Bertz CT molecular complexity index is 612. The van der Waals surface area contributed by atoms with Crippen molar-refractivity contribution in [3.05, 3.63) is 23.8 Å². The number of hydrogen-bond acceptors (Lipinski definition) is 3. The van der Waals surface area contributed by atoms with Crippen LogP contribution in [0.3, 0.4) is 0 Å². The van der Waals surface area contributed by atoms with E-state index in [4.69, 9.17) is 0 Å². The fraction of sp³-hybridized carbons (Fsp3) is 0.600. The van der Waals surface area contributed by atoms with Gasteiger partial charge in [0.15, 0.2) is 0 Å². The summed E-state index contributed by atoms with van der Waals surface area (Å²) in [5.74, 6) is -0.0868. The Morgan fingerprint density at radius 1 is 1.19 bits per heavy atom. The molecule has 144 valence electrons. The van der Waals surface area contributed by atoms with E-state index in [-0.39, 0.29) is 18.0 Å². The third-order valence-electron chi connectivity index (χ3n) is 4.75. The van der Waals surface area contributed by atoms with Crippen LogP contribution in [0.25, 0.3) is 0 Å². The topological polar surface area (TPSA) is 73.5 Å². The Morgan fingerprint density at radius 2 is 1.92 bits per heavy atom. The van der Waals surface area contributed by atoms with Gasteiger partial charge in [-0.1, -0.05) is 20.3 Å². The summed E-state index contributed by atoms with van der Waals surface area (Å²) in [6.45, 7) is 8.71. The van der Waals surface area contributed by atoms with E-state index in [0.29, 0.717) is 17.8 Å². The van der Waals surface area contributed by atoms with Crippen LogP contribution in [0.2, 0.25) is 0 Å². The highest BCUT2D eigenvalue weighted by Crippen LogP contribution is 2.27. The van der Waals surface area contributed by atoms with Gasteiger partial charge in [-0.25, -0.2) is 4.79 Å². The van der Waals surface area contributed by atoms with Crippen molar-refractivity contribution in [2.45, 2.75) is 58.9 Å². The van der Waals surface area contributed by atoms with Crippen LogP contribution in [-0.4, -0.2) is 37.6 Å². The predicted octanol–water partition coefficient (Wildman–Crippen LogP) is 3.74. The number of anilines is 2. The van der Waals surface area contributed by atoms with Crippen LogP contribution in [0.15, 0.2) is 18.2 Å². The van der Waals surface area contributed by atoms with Gasteiger partial charge >= 0.3 is 6.03 Å². The molecule has 0 spiro atoms. The molecule has 1 unspecified atom stereocenters. The highest BCUT2D eigenvalue weighted by molar-refractivity contribution is 6.02. The second kappa shape index (κ2) is 10.0. The standard InChI is InChI=1S/C20H32N4O2/c1-4-6-11-21-20(26)23-16-9-10-18(24-12-7-8-13-24)17(14-16)19(25)22-15(3)5-2/h9-10,14-15H,4-8,11-13H2,1-3H3,(H,22,25)(H2,21,23,26). The normalized spacial score (nSPS) is 14.8. The molecule has 1 aromatic carbocycles. The maximum absolute atomic E-state index is 12.8. The van der Waals surface area contributed by atoms with Crippen molar-refractivity contribution in [1.29, 1.82) is 0 Å². The van der Waals surface area contributed by atoms with Crippen LogP contribution >= 0.6 is 0 Å². The largest absolute Gasteiger partial charge is 0.371 e. The summed E-state index contributed by atoms with van der Waals surface area (Å²) in [7, 11) is 0. The molecule has 1 aliphatic rings. The minimum Gasteiger partial charge on any atom is -0.371 e. The molecule has 3 amide bonds. The van der Waals surface area contributed by atoms with Crippen LogP contribution in [-0.2, 0) is 0 Å². The Morgan fingerprint density at radius 3 is 2.58 bits per heavy atom. The summed E-state index contributed by atoms with van der Waals surface area (Å²) in [5.41, 5.74) is 2.20. The summed E-state index contributed by atoms with van der Waals surface area (Å²) in [5, 5.41) is 8.70. The monoisotopic (exact) mass is 360 g/mol. The van der Waals surface area contributed by atoms with Crippen LogP contribution in [0.1, 0.15) is 63.2 Å². The maximum Gasteiger partial charge on any atom is 0.319 e. The first kappa shape index (κ1) is 20.1. The predicted molar refractivity (Wildman–Crippen MR) is 107 cm³/mol. The zero-order valence-electron chi connectivity index (χ0n) is 16.2. The van der Waals surface area contributed by atoms with Gasteiger partial charge in [-0.3, -0.25) is 4.79 Å². The molecule has 6 heteroatoms. The molecule has 1 heterocycles. The lowest BCUT2D eigenvalue weighted by molar-refractivity contribution is 0.0939. The molecule has 1 aromatic rings. The summed E-state index contributed by atoms with van der Waals surface area (Å²) >= 11 is 0. The molecule has 0 aliphatic carbocycles. The highest BCUT2D eigenvalue weighted by atomic mass is 16.2. The van der Waals surface area contributed by atoms with Gasteiger partial charge in [-0.05, 0) is 50.8 Å². The molecule has 0 radical (unpaired) electrons. The lowest BCUT2D eigenvalue weighted by Crippen LogP contribution is -2.34.